The summed E-state index contributed by atoms with van der Waals surface area (Å²) in [5.41, 5.74) is 0.782. The second-order valence-corrected chi connectivity index (χ2v) is 4.60. The molecule has 0 spiro atoms. The van der Waals surface area contributed by atoms with Gasteiger partial charge in [-0.05, 0) is 59.0 Å². The molecular weight excluding hydrogens is 303 g/mol. The smallest absolute Gasteiger partial charge is 0.335 e. The van der Waals surface area contributed by atoms with E-state index >= 15 is 0 Å². The SMILES string of the molecule is O=C(O)c1ccc(OCc2nnnn2-c2ccc(F)cc2)cc1. The number of nitrogens with zero attached hydrogens (tertiary/aromatic N) is 4. The summed E-state index contributed by atoms with van der Waals surface area (Å²) in [5, 5.41) is 20.1. The fourth-order valence-electron chi connectivity index (χ4n) is 1.92. The molecule has 0 amide bonds. The molecule has 3 aromatic rings. The van der Waals surface area contributed by atoms with Crippen molar-refractivity contribution >= 4 is 5.97 Å². The predicted octanol–water partition coefficient (Wildman–Crippen LogP) is 2.08. The Hall–Kier alpha value is -3.29. The fourth-order valence-corrected chi connectivity index (χ4v) is 1.92. The van der Waals surface area contributed by atoms with E-state index in [1.165, 1.54) is 28.9 Å². The molecule has 0 radical (unpaired) electrons. The van der Waals surface area contributed by atoms with Gasteiger partial charge < -0.3 is 9.84 Å². The van der Waals surface area contributed by atoms with E-state index in [-0.39, 0.29) is 18.0 Å². The highest BCUT2D eigenvalue weighted by Crippen LogP contribution is 2.15. The maximum absolute atomic E-state index is 13.0. The highest BCUT2D eigenvalue weighted by atomic mass is 19.1. The molecule has 1 aromatic heterocycles. The van der Waals surface area contributed by atoms with Crippen LogP contribution >= 0.6 is 0 Å². The van der Waals surface area contributed by atoms with Crippen LogP contribution in [0.4, 0.5) is 4.39 Å². The number of carboxylic acid groups (broad SMARTS) is 1. The number of aromatic carboxylic acids is 1. The van der Waals surface area contributed by atoms with Gasteiger partial charge in [-0.25, -0.2) is 9.18 Å². The van der Waals surface area contributed by atoms with Crippen LogP contribution in [0.1, 0.15) is 16.2 Å². The van der Waals surface area contributed by atoms with Crippen LogP contribution in [0.5, 0.6) is 5.75 Å². The lowest BCUT2D eigenvalue weighted by atomic mass is 10.2. The van der Waals surface area contributed by atoms with E-state index in [1.54, 1.807) is 24.3 Å². The molecule has 0 aliphatic heterocycles. The molecule has 0 unspecified atom stereocenters. The summed E-state index contributed by atoms with van der Waals surface area (Å²) in [6, 6.07) is 11.7. The molecule has 0 aliphatic rings. The van der Waals surface area contributed by atoms with Gasteiger partial charge >= 0.3 is 5.97 Å². The van der Waals surface area contributed by atoms with E-state index in [2.05, 4.69) is 15.5 Å². The van der Waals surface area contributed by atoms with Crippen molar-refractivity contribution in [2.75, 3.05) is 0 Å². The van der Waals surface area contributed by atoms with Gasteiger partial charge in [-0.15, -0.1) is 5.10 Å². The van der Waals surface area contributed by atoms with Crippen molar-refractivity contribution in [3.05, 3.63) is 65.7 Å². The molecule has 8 heteroatoms. The lowest BCUT2D eigenvalue weighted by Gasteiger charge is -2.07. The molecule has 0 aliphatic carbocycles. The summed E-state index contributed by atoms with van der Waals surface area (Å²) in [5.74, 6) is -0.433. The third kappa shape index (κ3) is 3.31. The van der Waals surface area contributed by atoms with E-state index in [9.17, 15) is 9.18 Å². The summed E-state index contributed by atoms with van der Waals surface area (Å²) < 4.78 is 19.9. The molecule has 0 atom stereocenters. The molecule has 0 saturated carbocycles. The average molecular weight is 314 g/mol. The van der Waals surface area contributed by atoms with Crippen molar-refractivity contribution in [2.45, 2.75) is 6.61 Å². The number of ether oxygens (including phenoxy) is 1. The molecular formula is C15H11FN4O3. The highest BCUT2D eigenvalue weighted by Gasteiger charge is 2.10. The standard InChI is InChI=1S/C15H11FN4O3/c16-11-3-5-12(6-4-11)20-14(17-18-19-20)9-23-13-7-1-10(2-8-13)15(21)22/h1-8H,9H2,(H,21,22). The monoisotopic (exact) mass is 314 g/mol. The van der Waals surface area contributed by atoms with Crippen LogP contribution in [0.2, 0.25) is 0 Å². The Kier molecular flexibility index (Phi) is 3.96. The fraction of sp³-hybridized carbons (Fsp3) is 0.0667. The van der Waals surface area contributed by atoms with Gasteiger partial charge in [-0.3, -0.25) is 0 Å². The summed E-state index contributed by atoms with van der Waals surface area (Å²) in [4.78, 5) is 10.8. The molecule has 1 N–H and O–H groups in total. The van der Waals surface area contributed by atoms with E-state index in [0.29, 0.717) is 17.3 Å². The number of hydrogen-bond acceptors (Lipinski definition) is 5. The Morgan fingerprint density at radius 3 is 2.48 bits per heavy atom. The number of benzene rings is 2. The molecule has 7 nitrogen and oxygen atoms in total. The minimum absolute atomic E-state index is 0.0802. The molecule has 23 heavy (non-hydrogen) atoms. The number of carboxylic acids is 1. The first-order chi connectivity index (χ1) is 11.1. The summed E-state index contributed by atoms with van der Waals surface area (Å²) >= 11 is 0. The minimum Gasteiger partial charge on any atom is -0.486 e. The highest BCUT2D eigenvalue weighted by molar-refractivity contribution is 5.87. The van der Waals surface area contributed by atoms with Crippen LogP contribution in [0.25, 0.3) is 5.69 Å². The van der Waals surface area contributed by atoms with Gasteiger partial charge in [0.2, 0.25) is 0 Å². The van der Waals surface area contributed by atoms with Crippen LogP contribution in [-0.4, -0.2) is 31.3 Å². The third-order valence-corrected chi connectivity index (χ3v) is 3.07. The van der Waals surface area contributed by atoms with Crippen molar-refractivity contribution < 1.29 is 19.0 Å². The second-order valence-electron chi connectivity index (χ2n) is 4.60. The number of hydrogen-bond donors (Lipinski definition) is 1. The average Bonchev–Trinajstić information content (AvgIpc) is 3.02. The van der Waals surface area contributed by atoms with E-state index in [0.717, 1.165) is 0 Å². The topological polar surface area (TPSA) is 90.1 Å². The van der Waals surface area contributed by atoms with Gasteiger partial charge in [0.25, 0.3) is 0 Å². The van der Waals surface area contributed by atoms with Crippen LogP contribution in [-0.2, 0) is 6.61 Å². The lowest BCUT2D eigenvalue weighted by Crippen LogP contribution is -2.07. The zero-order valence-electron chi connectivity index (χ0n) is 11.8. The number of tetrazole rings is 1. The Balaban J connectivity index is 1.73. The number of aromatic nitrogens is 4. The molecule has 116 valence electrons. The molecule has 2 aromatic carbocycles. The second kappa shape index (κ2) is 6.22. The molecule has 3 rings (SSSR count). The van der Waals surface area contributed by atoms with Crippen molar-refractivity contribution in [3.63, 3.8) is 0 Å². The zero-order valence-corrected chi connectivity index (χ0v) is 11.8. The zero-order chi connectivity index (χ0) is 16.2. The van der Waals surface area contributed by atoms with Gasteiger partial charge in [-0.2, -0.15) is 4.68 Å². The summed E-state index contributed by atoms with van der Waals surface area (Å²) in [6.45, 7) is 0.0802. The maximum Gasteiger partial charge on any atom is 0.335 e. The number of halogens is 1. The van der Waals surface area contributed by atoms with Gasteiger partial charge in [0, 0.05) is 0 Å². The molecule has 1 heterocycles. The Morgan fingerprint density at radius 1 is 1.13 bits per heavy atom. The van der Waals surface area contributed by atoms with Crippen LogP contribution in [0.15, 0.2) is 48.5 Å². The number of carbonyl (C=O) groups is 1. The van der Waals surface area contributed by atoms with Crippen LogP contribution < -0.4 is 4.74 Å². The van der Waals surface area contributed by atoms with Crippen molar-refractivity contribution in [2.24, 2.45) is 0 Å². The first-order valence-corrected chi connectivity index (χ1v) is 6.63. The summed E-state index contributed by atoms with van der Waals surface area (Å²) in [6.07, 6.45) is 0. The summed E-state index contributed by atoms with van der Waals surface area (Å²) in [7, 11) is 0. The van der Waals surface area contributed by atoms with Gasteiger partial charge in [0.05, 0.1) is 11.3 Å². The molecule has 0 bridgehead atoms. The Morgan fingerprint density at radius 2 is 1.83 bits per heavy atom. The van der Waals surface area contributed by atoms with Gasteiger partial charge in [0.1, 0.15) is 18.2 Å². The van der Waals surface area contributed by atoms with Crippen LogP contribution in [0.3, 0.4) is 0 Å². The van der Waals surface area contributed by atoms with E-state index in [1.807, 2.05) is 0 Å². The van der Waals surface area contributed by atoms with Crippen molar-refractivity contribution in [1.29, 1.82) is 0 Å². The van der Waals surface area contributed by atoms with Crippen molar-refractivity contribution in [1.82, 2.24) is 20.2 Å². The minimum atomic E-state index is -1.00. The first kappa shape index (κ1) is 14.6. The molecule has 0 fully saturated rings. The maximum atomic E-state index is 13.0. The van der Waals surface area contributed by atoms with E-state index < -0.39 is 5.97 Å². The first-order valence-electron chi connectivity index (χ1n) is 6.63. The Bertz CT molecular complexity index is 815. The quantitative estimate of drug-likeness (QED) is 0.775. The number of rotatable bonds is 5. The largest absolute Gasteiger partial charge is 0.486 e. The van der Waals surface area contributed by atoms with Gasteiger partial charge in [0.15, 0.2) is 5.82 Å². The predicted molar refractivity (Wildman–Crippen MR) is 76.8 cm³/mol. The lowest BCUT2D eigenvalue weighted by molar-refractivity contribution is 0.0697. The van der Waals surface area contributed by atoms with E-state index in [4.69, 9.17) is 9.84 Å². The van der Waals surface area contributed by atoms with Crippen LogP contribution in [0, 0.1) is 5.82 Å². The molecule has 0 saturated heterocycles. The van der Waals surface area contributed by atoms with Crippen molar-refractivity contribution in [3.8, 4) is 11.4 Å². The normalized spacial score (nSPS) is 10.5. The Labute approximate surface area is 129 Å². The third-order valence-electron chi connectivity index (χ3n) is 3.07. The van der Waals surface area contributed by atoms with Gasteiger partial charge in [-0.1, -0.05) is 0 Å².